The van der Waals surface area contributed by atoms with Crippen LogP contribution in [0.5, 0.6) is 0 Å². The lowest BCUT2D eigenvalue weighted by atomic mass is 10.1. The third-order valence-electron chi connectivity index (χ3n) is 4.26. The van der Waals surface area contributed by atoms with Gasteiger partial charge in [0, 0.05) is 12.4 Å². The summed E-state index contributed by atoms with van der Waals surface area (Å²) in [5.41, 5.74) is -10.1. The molecule has 2 aromatic rings. The highest BCUT2D eigenvalue weighted by Gasteiger charge is 2.46. The minimum absolute atomic E-state index is 0.144. The van der Waals surface area contributed by atoms with Crippen LogP contribution in [0.15, 0.2) is 49.1 Å². The van der Waals surface area contributed by atoms with Gasteiger partial charge in [-0.25, -0.2) is 23.4 Å². The second-order valence-corrected chi connectivity index (χ2v) is 10.2. The zero-order valence-electron chi connectivity index (χ0n) is 20.6. The fourth-order valence-corrected chi connectivity index (χ4v) is 2.58. The van der Waals surface area contributed by atoms with E-state index in [2.05, 4.69) is 19.1 Å². The molecular weight excluding hydrogens is 634 g/mol. The van der Waals surface area contributed by atoms with Gasteiger partial charge in [0.2, 0.25) is 17.3 Å². The lowest BCUT2D eigenvalue weighted by molar-refractivity contribution is -0.673. The second-order valence-electron chi connectivity index (χ2n) is 7.08. The maximum Gasteiger partial charge on any atom is 0.523 e. The Labute approximate surface area is 231 Å². The van der Waals surface area contributed by atoms with Crippen molar-refractivity contribution in [3.63, 3.8) is 0 Å². The van der Waals surface area contributed by atoms with Crippen LogP contribution in [0.4, 0.5) is 26.3 Å². The summed E-state index contributed by atoms with van der Waals surface area (Å²) in [6.45, 7) is 0. The van der Waals surface area contributed by atoms with Crippen LogP contribution < -0.4 is 4.57 Å². The van der Waals surface area contributed by atoms with Crippen molar-refractivity contribution in [1.82, 2.24) is 15.0 Å². The number of aryl methyl sites for hydroxylation is 1. The molecule has 0 N–H and O–H groups in total. The summed E-state index contributed by atoms with van der Waals surface area (Å²) in [5, 5.41) is 0. The molecule has 4 rings (SSSR count). The van der Waals surface area contributed by atoms with Gasteiger partial charge in [-0.1, -0.05) is 0 Å². The normalized spacial score (nSPS) is 14.3. The summed E-state index contributed by atoms with van der Waals surface area (Å²) < 4.78 is 116. The highest BCUT2D eigenvalue weighted by atomic mass is 32.2. The first-order valence-corrected chi connectivity index (χ1v) is 12.9. The van der Waals surface area contributed by atoms with Gasteiger partial charge >= 0.3 is 21.1 Å². The molecule has 0 saturated heterocycles. The molecule has 2 aliphatic rings. The third kappa shape index (κ3) is 9.39. The van der Waals surface area contributed by atoms with E-state index in [0.717, 1.165) is 0 Å². The van der Waals surface area contributed by atoms with Gasteiger partial charge in [-0.2, -0.15) is 39.3 Å². The number of aromatic nitrogens is 4. The number of alkyl halides is 6. The van der Waals surface area contributed by atoms with Crippen LogP contribution in [-0.2, 0) is 31.5 Å². The Bertz CT molecular complexity index is 1630. The summed E-state index contributed by atoms with van der Waals surface area (Å²) in [6.07, 6.45) is 10.9. The first-order chi connectivity index (χ1) is 19.0. The van der Waals surface area contributed by atoms with E-state index in [-0.39, 0.29) is 40.2 Å². The number of hydrogen-bond acceptors (Lipinski definition) is 13. The summed E-state index contributed by atoms with van der Waals surface area (Å²) >= 11 is 0. The number of hydrogen-bond donors (Lipinski definition) is 0. The summed E-state index contributed by atoms with van der Waals surface area (Å²) in [4.78, 5) is 56.2. The van der Waals surface area contributed by atoms with Crippen molar-refractivity contribution >= 4 is 43.4 Å². The maximum absolute atomic E-state index is 11.4. The average Bonchev–Trinajstić information content (AvgIpc) is 2.88. The van der Waals surface area contributed by atoms with Gasteiger partial charge in [0.15, 0.2) is 22.0 Å². The van der Waals surface area contributed by atoms with E-state index in [1.807, 2.05) is 0 Å². The molecule has 2 aliphatic carbocycles. The average molecular weight is 648 g/mol. The van der Waals surface area contributed by atoms with Crippen LogP contribution in [-0.4, -0.2) is 77.6 Å². The van der Waals surface area contributed by atoms with Crippen molar-refractivity contribution < 1.29 is 75.7 Å². The molecule has 0 aliphatic heterocycles. The van der Waals surface area contributed by atoms with Crippen molar-refractivity contribution in [3.8, 4) is 0 Å². The molecule has 0 amide bonds. The number of carbonyl (C=O) groups is 4. The third-order valence-corrected chi connectivity index (χ3v) is 5.83. The molecule has 0 spiro atoms. The summed E-state index contributed by atoms with van der Waals surface area (Å²) in [6, 6.07) is 0. The van der Waals surface area contributed by atoms with Crippen LogP contribution >= 0.6 is 0 Å². The molecule has 2 heterocycles. The van der Waals surface area contributed by atoms with Gasteiger partial charge < -0.3 is 4.55 Å². The molecule has 228 valence electrons. The van der Waals surface area contributed by atoms with E-state index in [1.165, 1.54) is 42.9 Å². The van der Waals surface area contributed by atoms with E-state index < -0.39 is 31.3 Å². The highest BCUT2D eigenvalue weighted by Crippen LogP contribution is 2.23. The molecule has 22 heteroatoms. The Morgan fingerprint density at radius 1 is 0.690 bits per heavy atom. The van der Waals surface area contributed by atoms with Crippen molar-refractivity contribution in [2.45, 2.75) is 11.0 Å². The van der Waals surface area contributed by atoms with Gasteiger partial charge in [-0.3, -0.25) is 23.4 Å². The number of rotatable bonds is 1. The molecule has 14 nitrogen and oxygen atoms in total. The van der Waals surface area contributed by atoms with Crippen molar-refractivity contribution in [3.05, 3.63) is 71.9 Å². The Morgan fingerprint density at radius 2 is 1.05 bits per heavy atom. The van der Waals surface area contributed by atoms with Gasteiger partial charge in [0.25, 0.3) is 11.5 Å². The molecule has 2 aromatic heterocycles. The number of ketones is 4. The maximum atomic E-state index is 11.4. The quantitative estimate of drug-likeness (QED) is 0.138. The molecule has 42 heavy (non-hydrogen) atoms. The van der Waals surface area contributed by atoms with E-state index in [9.17, 15) is 53.9 Å². The fraction of sp³-hybridized carbons (Fsp3) is 0.200. The van der Waals surface area contributed by atoms with E-state index in [1.54, 1.807) is 17.8 Å². The van der Waals surface area contributed by atoms with E-state index in [4.69, 9.17) is 13.0 Å². The minimum Gasteiger partial charge on any atom is -0.741 e. The lowest BCUT2D eigenvalue weighted by Crippen LogP contribution is -2.39. The van der Waals surface area contributed by atoms with Gasteiger partial charge in [-0.05, 0) is 24.3 Å². The van der Waals surface area contributed by atoms with Crippen LogP contribution in [0.2, 0.25) is 0 Å². The predicted octanol–water partition coefficient (Wildman–Crippen LogP) is 0.787. The van der Waals surface area contributed by atoms with Crippen LogP contribution in [0.25, 0.3) is 0 Å². The highest BCUT2D eigenvalue weighted by molar-refractivity contribution is 7.87. The molecule has 0 bridgehead atoms. The van der Waals surface area contributed by atoms with Gasteiger partial charge in [-0.15, -0.1) is 0 Å². The molecule has 0 fully saturated rings. The number of halogens is 6. The largest absolute Gasteiger partial charge is 0.741 e. The molecule has 0 aromatic carbocycles. The minimum atomic E-state index is -6.09. The Kier molecular flexibility index (Phi) is 11.6. The first-order valence-electron chi connectivity index (χ1n) is 10.1. The SMILES string of the molecule is COS(=O)(=O)C(F)(F)F.C[n+]1ccnc2c1C(=O)C=CC2=O.O=C1C=CC(=O)c2nccnc21.O=S(=O)([O-])C(F)(F)F. The van der Waals surface area contributed by atoms with Crippen LogP contribution in [0.1, 0.15) is 42.0 Å². The van der Waals surface area contributed by atoms with Gasteiger partial charge in [0.05, 0.1) is 13.3 Å². The van der Waals surface area contributed by atoms with Crippen LogP contribution in [0, 0.1) is 0 Å². The zero-order chi connectivity index (χ0) is 32.7. The van der Waals surface area contributed by atoms with Gasteiger partial charge in [0.1, 0.15) is 18.4 Å². The number of fused-ring (bicyclic) bond motifs is 2. The van der Waals surface area contributed by atoms with Crippen molar-refractivity contribution in [2.24, 2.45) is 7.05 Å². The van der Waals surface area contributed by atoms with Crippen LogP contribution in [0.3, 0.4) is 0 Å². The fourth-order valence-electron chi connectivity index (χ4n) is 2.39. The topological polar surface area (TPSA) is 211 Å². The smallest absolute Gasteiger partial charge is 0.523 e. The number of carbonyl (C=O) groups excluding carboxylic acids is 4. The molecule has 0 unspecified atom stereocenters. The summed E-state index contributed by atoms with van der Waals surface area (Å²) in [7, 11) is -9.27. The zero-order valence-corrected chi connectivity index (χ0v) is 22.2. The standard InChI is InChI=1S/C9H7N2O2.C8H4N2O2.C2H3F3O3S.CHF3O3S/c1-11-5-4-10-8-6(12)2-3-7(13)9(8)11;11-5-1-2-6(12)8-7(5)9-3-4-10-8;1-8-9(6,7)2(3,4)5;2-1(3,4)8(5,6)7/h2-5H,1H3;1-4H;1H3;(H,5,6,7)/q+1;;;/p-1. The van der Waals surface area contributed by atoms with Crippen molar-refractivity contribution in [2.75, 3.05) is 7.11 Å². The lowest BCUT2D eigenvalue weighted by Gasteiger charge is -2.08. The Hall–Kier alpha value is -4.28. The Morgan fingerprint density at radius 3 is 1.36 bits per heavy atom. The van der Waals surface area contributed by atoms with E-state index >= 15 is 0 Å². The Balaban J connectivity index is 0.000000287. The first kappa shape index (κ1) is 35.7. The number of allylic oxidation sites excluding steroid dienone is 4. The molecular formula is C20H14F6N4O10S2. The van der Waals surface area contributed by atoms with E-state index in [0.29, 0.717) is 12.8 Å². The number of nitrogens with zero attached hydrogens (tertiary/aromatic N) is 4. The predicted molar refractivity (Wildman–Crippen MR) is 121 cm³/mol. The monoisotopic (exact) mass is 648 g/mol. The summed E-state index contributed by atoms with van der Waals surface area (Å²) in [5.74, 6) is -0.925. The molecule has 0 radical (unpaired) electrons. The second kappa shape index (κ2) is 13.6. The molecule has 0 atom stereocenters. The molecule has 0 saturated carbocycles. The van der Waals surface area contributed by atoms with Crippen molar-refractivity contribution in [1.29, 1.82) is 0 Å².